The van der Waals surface area contributed by atoms with Gasteiger partial charge in [0.15, 0.2) is 0 Å². The molecule has 1 amide bonds. The van der Waals surface area contributed by atoms with Gasteiger partial charge >= 0.3 is 0 Å². The molecule has 2 N–H and O–H groups in total. The number of amides is 1. The minimum atomic E-state index is -0.0348. The Morgan fingerprint density at radius 1 is 1.42 bits per heavy atom. The summed E-state index contributed by atoms with van der Waals surface area (Å²) in [4.78, 5) is 16.2. The average molecular weight is 306 g/mol. The first kappa shape index (κ1) is 18.2. The average Bonchev–Trinajstić information content (AvgIpc) is 2.40. The molecule has 0 bridgehead atoms. The van der Waals surface area contributed by atoms with E-state index in [1.54, 1.807) is 6.20 Å². The summed E-state index contributed by atoms with van der Waals surface area (Å²) in [5.74, 6) is 0.0860. The van der Waals surface area contributed by atoms with Crippen LogP contribution < -0.4 is 10.6 Å². The van der Waals surface area contributed by atoms with E-state index in [9.17, 15) is 4.79 Å². The van der Waals surface area contributed by atoms with Crippen molar-refractivity contribution in [1.29, 1.82) is 0 Å². The van der Waals surface area contributed by atoms with Crippen LogP contribution in [0.5, 0.6) is 0 Å². The third kappa shape index (κ3) is 5.35. The normalized spacial score (nSPS) is 19.5. The van der Waals surface area contributed by atoms with Crippen molar-refractivity contribution in [2.45, 2.75) is 38.3 Å². The molecule has 1 aromatic heterocycles. The van der Waals surface area contributed by atoms with Gasteiger partial charge in [0.2, 0.25) is 5.91 Å². The quantitative estimate of drug-likeness (QED) is 0.900. The standard InChI is InChI=1S/C13H19N3O.2ClH/c1-10(11-6-2-4-8-14-11)16-13(17)12-7-3-5-9-15-12;;/h2,4,6,8,10,12,15H,3,5,7,9H2,1H3,(H,16,17);2*1H/t10?,12-;;/m0../s1. The van der Waals surface area contributed by atoms with Crippen molar-refractivity contribution in [3.8, 4) is 0 Å². The van der Waals surface area contributed by atoms with Crippen molar-refractivity contribution < 1.29 is 4.79 Å². The van der Waals surface area contributed by atoms with Crippen LogP contribution in [0, 0.1) is 0 Å². The van der Waals surface area contributed by atoms with Gasteiger partial charge in [-0.05, 0) is 38.4 Å². The molecule has 1 aliphatic rings. The van der Waals surface area contributed by atoms with E-state index in [4.69, 9.17) is 0 Å². The molecule has 2 atom stereocenters. The number of carbonyl (C=O) groups is 1. The molecule has 0 saturated carbocycles. The SMILES string of the molecule is CC(NC(=O)[C@@H]1CCCCN1)c1ccccn1.Cl.Cl. The van der Waals surface area contributed by atoms with Crippen LogP contribution in [0.15, 0.2) is 24.4 Å². The largest absolute Gasteiger partial charge is 0.347 e. The summed E-state index contributed by atoms with van der Waals surface area (Å²) < 4.78 is 0. The fraction of sp³-hybridized carbons (Fsp3) is 0.538. The molecule has 0 spiro atoms. The molecular weight excluding hydrogens is 285 g/mol. The number of nitrogens with one attached hydrogen (secondary N) is 2. The molecule has 19 heavy (non-hydrogen) atoms. The van der Waals surface area contributed by atoms with E-state index >= 15 is 0 Å². The lowest BCUT2D eigenvalue weighted by atomic mass is 10.0. The Labute approximate surface area is 126 Å². The monoisotopic (exact) mass is 305 g/mol. The van der Waals surface area contributed by atoms with Crippen molar-refractivity contribution in [2.24, 2.45) is 0 Å². The van der Waals surface area contributed by atoms with Crippen molar-refractivity contribution in [3.63, 3.8) is 0 Å². The predicted molar refractivity (Wildman–Crippen MR) is 80.9 cm³/mol. The van der Waals surface area contributed by atoms with Gasteiger partial charge in [-0.2, -0.15) is 0 Å². The van der Waals surface area contributed by atoms with Gasteiger partial charge < -0.3 is 10.6 Å². The molecule has 0 aromatic carbocycles. The minimum absolute atomic E-state index is 0. The summed E-state index contributed by atoms with van der Waals surface area (Å²) in [6.45, 7) is 2.90. The van der Waals surface area contributed by atoms with Gasteiger partial charge in [-0.1, -0.05) is 12.5 Å². The molecule has 6 heteroatoms. The second-order valence-corrected chi connectivity index (χ2v) is 4.49. The Kier molecular flexibility index (Phi) is 8.72. The molecule has 1 aromatic rings. The Bertz CT molecular complexity index is 369. The summed E-state index contributed by atoms with van der Waals surface area (Å²) in [6, 6.07) is 5.67. The molecule has 2 heterocycles. The highest BCUT2D eigenvalue weighted by Crippen LogP contribution is 2.11. The van der Waals surface area contributed by atoms with Gasteiger partial charge in [-0.25, -0.2) is 0 Å². The first-order valence-electron chi connectivity index (χ1n) is 6.22. The number of rotatable bonds is 3. The van der Waals surface area contributed by atoms with Crippen LogP contribution in [0.4, 0.5) is 0 Å². The molecule has 1 unspecified atom stereocenters. The van der Waals surface area contributed by atoms with Gasteiger partial charge in [-0.15, -0.1) is 24.8 Å². The Morgan fingerprint density at radius 2 is 2.21 bits per heavy atom. The lowest BCUT2D eigenvalue weighted by Crippen LogP contribution is -2.47. The molecule has 0 aliphatic carbocycles. The second kappa shape index (κ2) is 9.13. The molecular formula is C13H21Cl2N3O. The second-order valence-electron chi connectivity index (χ2n) is 4.49. The Hall–Kier alpha value is -0.840. The minimum Gasteiger partial charge on any atom is -0.347 e. The maximum absolute atomic E-state index is 12.0. The van der Waals surface area contributed by atoms with Crippen LogP contribution in [-0.4, -0.2) is 23.5 Å². The van der Waals surface area contributed by atoms with Crippen LogP contribution in [-0.2, 0) is 4.79 Å². The van der Waals surface area contributed by atoms with Crippen LogP contribution in [0.25, 0.3) is 0 Å². The van der Waals surface area contributed by atoms with Crippen molar-refractivity contribution in [3.05, 3.63) is 30.1 Å². The number of aromatic nitrogens is 1. The van der Waals surface area contributed by atoms with E-state index in [1.165, 1.54) is 6.42 Å². The van der Waals surface area contributed by atoms with Gasteiger partial charge in [0.1, 0.15) is 0 Å². The molecule has 1 saturated heterocycles. The lowest BCUT2D eigenvalue weighted by Gasteiger charge is -2.24. The fourth-order valence-electron chi connectivity index (χ4n) is 2.10. The molecule has 4 nitrogen and oxygen atoms in total. The zero-order valence-electron chi connectivity index (χ0n) is 11.0. The third-order valence-electron chi connectivity index (χ3n) is 3.12. The maximum atomic E-state index is 12.0. The highest BCUT2D eigenvalue weighted by Gasteiger charge is 2.22. The van der Waals surface area contributed by atoms with Gasteiger partial charge in [0, 0.05) is 6.20 Å². The molecule has 1 aliphatic heterocycles. The summed E-state index contributed by atoms with van der Waals surface area (Å²) in [5.41, 5.74) is 0.900. The van der Waals surface area contributed by atoms with Crippen molar-refractivity contribution in [2.75, 3.05) is 6.54 Å². The van der Waals surface area contributed by atoms with E-state index in [-0.39, 0.29) is 42.8 Å². The van der Waals surface area contributed by atoms with Gasteiger partial charge in [0.05, 0.1) is 17.8 Å². The summed E-state index contributed by atoms with van der Waals surface area (Å²) in [5, 5.41) is 6.25. The zero-order chi connectivity index (χ0) is 12.1. The highest BCUT2D eigenvalue weighted by molar-refractivity contribution is 5.85. The first-order valence-corrected chi connectivity index (χ1v) is 6.22. The summed E-state index contributed by atoms with van der Waals surface area (Å²) in [6.07, 6.45) is 4.97. The van der Waals surface area contributed by atoms with E-state index in [0.29, 0.717) is 0 Å². The number of piperidine rings is 1. The molecule has 2 rings (SSSR count). The lowest BCUT2D eigenvalue weighted by molar-refractivity contribution is -0.124. The Balaban J connectivity index is 0.00000162. The number of halogens is 2. The summed E-state index contributed by atoms with van der Waals surface area (Å²) in [7, 11) is 0. The maximum Gasteiger partial charge on any atom is 0.237 e. The number of carbonyl (C=O) groups excluding carboxylic acids is 1. The third-order valence-corrected chi connectivity index (χ3v) is 3.12. The van der Waals surface area contributed by atoms with E-state index in [0.717, 1.165) is 25.1 Å². The van der Waals surface area contributed by atoms with Crippen molar-refractivity contribution >= 4 is 30.7 Å². The number of pyridine rings is 1. The first-order chi connectivity index (χ1) is 8.27. The van der Waals surface area contributed by atoms with E-state index in [2.05, 4.69) is 15.6 Å². The molecule has 1 fully saturated rings. The number of hydrogen-bond acceptors (Lipinski definition) is 3. The zero-order valence-corrected chi connectivity index (χ0v) is 12.6. The van der Waals surface area contributed by atoms with E-state index < -0.39 is 0 Å². The van der Waals surface area contributed by atoms with Gasteiger partial charge in [0.25, 0.3) is 0 Å². The van der Waals surface area contributed by atoms with Crippen LogP contribution in [0.2, 0.25) is 0 Å². The van der Waals surface area contributed by atoms with Crippen LogP contribution >= 0.6 is 24.8 Å². The Morgan fingerprint density at radius 3 is 2.79 bits per heavy atom. The number of hydrogen-bond donors (Lipinski definition) is 2. The van der Waals surface area contributed by atoms with Crippen molar-refractivity contribution in [1.82, 2.24) is 15.6 Å². The van der Waals surface area contributed by atoms with E-state index in [1.807, 2.05) is 25.1 Å². The van der Waals surface area contributed by atoms with Crippen LogP contribution in [0.1, 0.15) is 37.9 Å². The van der Waals surface area contributed by atoms with Gasteiger partial charge in [-0.3, -0.25) is 9.78 Å². The topological polar surface area (TPSA) is 54.0 Å². The molecule has 108 valence electrons. The fourth-order valence-corrected chi connectivity index (χ4v) is 2.10. The summed E-state index contributed by atoms with van der Waals surface area (Å²) >= 11 is 0. The van der Waals surface area contributed by atoms with Crippen LogP contribution in [0.3, 0.4) is 0 Å². The highest BCUT2D eigenvalue weighted by atomic mass is 35.5. The number of nitrogens with zero attached hydrogens (tertiary/aromatic N) is 1. The predicted octanol–water partition coefficient (Wildman–Crippen LogP) is 2.24. The smallest absolute Gasteiger partial charge is 0.237 e. The molecule has 0 radical (unpaired) electrons.